The lowest BCUT2D eigenvalue weighted by Crippen LogP contribution is -2.02. The normalized spacial score (nSPS) is 11.5. The highest BCUT2D eigenvalue weighted by Crippen LogP contribution is 2.26. The predicted molar refractivity (Wildman–Crippen MR) is 97.5 cm³/mol. The molecule has 0 aliphatic carbocycles. The molecule has 0 aliphatic heterocycles. The lowest BCUT2D eigenvalue weighted by Gasteiger charge is -2.02. The van der Waals surface area contributed by atoms with Crippen molar-refractivity contribution in [3.8, 4) is 0 Å². The quantitative estimate of drug-likeness (QED) is 0.416. The third-order valence-electron chi connectivity index (χ3n) is 3.41. The van der Waals surface area contributed by atoms with Crippen molar-refractivity contribution in [1.82, 2.24) is 9.38 Å². The molecule has 0 radical (unpaired) electrons. The minimum absolute atomic E-state index is 0.163. The van der Waals surface area contributed by atoms with Crippen LogP contribution in [0.15, 0.2) is 47.1 Å². The second-order valence-corrected chi connectivity index (χ2v) is 6.60. The summed E-state index contributed by atoms with van der Waals surface area (Å²) >= 11 is 15.7. The molecule has 0 atom stereocenters. The van der Waals surface area contributed by atoms with Gasteiger partial charge in [-0.3, -0.25) is 9.20 Å². The molecule has 116 valence electrons. The number of pyridine rings is 1. The summed E-state index contributed by atoms with van der Waals surface area (Å²) in [7, 11) is 0. The Morgan fingerprint density at radius 1 is 1.22 bits per heavy atom. The standard InChI is InChI=1S/C17H11BrCl2N2O/c1-10-16(22-9-3-4-12(18)17(22)21-10)15(23)8-7-11-13(19)5-2-6-14(11)20/h2-9H,1H3/b8-7+. The Labute approximate surface area is 151 Å². The first kappa shape index (κ1) is 16.2. The summed E-state index contributed by atoms with van der Waals surface area (Å²) in [5, 5.41) is 0.998. The smallest absolute Gasteiger partial charge is 0.204 e. The predicted octanol–water partition coefficient (Wildman–Crippen LogP) is 5.61. The second-order valence-electron chi connectivity index (χ2n) is 4.93. The molecule has 3 nitrogen and oxygen atoms in total. The first-order chi connectivity index (χ1) is 11.0. The number of aryl methyl sites for hydroxylation is 1. The zero-order valence-corrected chi connectivity index (χ0v) is 15.2. The third kappa shape index (κ3) is 3.07. The Kier molecular flexibility index (Phi) is 4.57. The van der Waals surface area contributed by atoms with Crippen LogP contribution in [0, 0.1) is 6.92 Å². The monoisotopic (exact) mass is 408 g/mol. The minimum Gasteiger partial charge on any atom is -0.296 e. The van der Waals surface area contributed by atoms with Gasteiger partial charge >= 0.3 is 0 Å². The lowest BCUT2D eigenvalue weighted by molar-refractivity contribution is 0.104. The highest BCUT2D eigenvalue weighted by molar-refractivity contribution is 9.10. The van der Waals surface area contributed by atoms with E-state index in [0.717, 1.165) is 4.47 Å². The van der Waals surface area contributed by atoms with Crippen molar-refractivity contribution >= 4 is 56.6 Å². The van der Waals surface area contributed by atoms with Crippen molar-refractivity contribution in [1.29, 1.82) is 0 Å². The van der Waals surface area contributed by atoms with Gasteiger partial charge in [0.25, 0.3) is 0 Å². The number of fused-ring (bicyclic) bond motifs is 1. The number of nitrogens with zero attached hydrogens (tertiary/aromatic N) is 2. The van der Waals surface area contributed by atoms with Gasteiger partial charge in [0.05, 0.1) is 10.2 Å². The number of allylic oxidation sites excluding steroid dienone is 1. The van der Waals surface area contributed by atoms with E-state index in [1.807, 2.05) is 25.3 Å². The highest BCUT2D eigenvalue weighted by atomic mass is 79.9. The minimum atomic E-state index is -0.163. The van der Waals surface area contributed by atoms with Crippen LogP contribution in [0.3, 0.4) is 0 Å². The number of rotatable bonds is 3. The maximum Gasteiger partial charge on any atom is 0.204 e. The first-order valence-corrected chi connectivity index (χ1v) is 8.33. The van der Waals surface area contributed by atoms with Gasteiger partial charge in [0.15, 0.2) is 5.65 Å². The van der Waals surface area contributed by atoms with Crippen molar-refractivity contribution in [2.45, 2.75) is 6.92 Å². The van der Waals surface area contributed by atoms with Crippen LogP contribution in [0.4, 0.5) is 0 Å². The van der Waals surface area contributed by atoms with Crippen LogP contribution in [0.1, 0.15) is 21.7 Å². The van der Waals surface area contributed by atoms with E-state index in [1.54, 1.807) is 28.7 Å². The van der Waals surface area contributed by atoms with Gasteiger partial charge in [-0.05, 0) is 59.3 Å². The van der Waals surface area contributed by atoms with Crippen molar-refractivity contribution in [2.75, 3.05) is 0 Å². The molecule has 3 rings (SSSR count). The fourth-order valence-corrected chi connectivity index (χ4v) is 3.31. The molecule has 0 bridgehead atoms. The Hall–Kier alpha value is -1.62. The van der Waals surface area contributed by atoms with E-state index in [1.165, 1.54) is 6.08 Å². The number of carbonyl (C=O) groups is 1. The van der Waals surface area contributed by atoms with Crippen molar-refractivity contribution in [2.24, 2.45) is 0 Å². The molecule has 0 aliphatic rings. The van der Waals surface area contributed by atoms with Crippen LogP contribution >= 0.6 is 39.1 Å². The highest BCUT2D eigenvalue weighted by Gasteiger charge is 2.15. The Bertz CT molecular complexity index is 927. The molecule has 0 unspecified atom stereocenters. The fourth-order valence-electron chi connectivity index (χ4n) is 2.35. The molecule has 2 heterocycles. The third-order valence-corrected chi connectivity index (χ3v) is 4.69. The molecule has 0 saturated carbocycles. The van der Waals surface area contributed by atoms with Gasteiger partial charge in [0, 0.05) is 21.8 Å². The molecule has 6 heteroatoms. The van der Waals surface area contributed by atoms with Crippen LogP contribution in [0.25, 0.3) is 11.7 Å². The number of hydrogen-bond donors (Lipinski definition) is 0. The van der Waals surface area contributed by atoms with Gasteiger partial charge in [-0.1, -0.05) is 29.3 Å². The molecule has 3 aromatic rings. The van der Waals surface area contributed by atoms with Crippen LogP contribution < -0.4 is 0 Å². The molecular formula is C17H11BrCl2N2O. The van der Waals surface area contributed by atoms with Crippen LogP contribution in [-0.2, 0) is 0 Å². The van der Waals surface area contributed by atoms with E-state index >= 15 is 0 Å². The fraction of sp³-hybridized carbons (Fsp3) is 0.0588. The van der Waals surface area contributed by atoms with Gasteiger partial charge in [0.1, 0.15) is 5.69 Å². The number of aromatic nitrogens is 2. The number of imidazole rings is 1. The van der Waals surface area contributed by atoms with Crippen molar-refractivity contribution in [3.05, 3.63) is 74.1 Å². The van der Waals surface area contributed by atoms with Crippen LogP contribution in [-0.4, -0.2) is 15.2 Å². The molecule has 0 fully saturated rings. The van der Waals surface area contributed by atoms with Gasteiger partial charge in [-0.15, -0.1) is 0 Å². The summed E-state index contributed by atoms with van der Waals surface area (Å²) in [5.41, 5.74) is 2.51. The average molecular weight is 410 g/mol. The van der Waals surface area contributed by atoms with Crippen molar-refractivity contribution < 1.29 is 4.79 Å². The van der Waals surface area contributed by atoms with E-state index in [-0.39, 0.29) is 5.78 Å². The number of benzene rings is 1. The molecule has 23 heavy (non-hydrogen) atoms. The summed E-state index contributed by atoms with van der Waals surface area (Å²) < 4.78 is 2.60. The molecule has 2 aromatic heterocycles. The van der Waals surface area contributed by atoms with E-state index in [2.05, 4.69) is 20.9 Å². The van der Waals surface area contributed by atoms with E-state index in [0.29, 0.717) is 32.6 Å². The maximum atomic E-state index is 12.6. The number of halogens is 3. The topological polar surface area (TPSA) is 34.4 Å². The Morgan fingerprint density at radius 3 is 2.61 bits per heavy atom. The first-order valence-electron chi connectivity index (χ1n) is 6.78. The Balaban J connectivity index is 2.03. The van der Waals surface area contributed by atoms with E-state index < -0.39 is 0 Å². The molecule has 0 amide bonds. The molecule has 0 saturated heterocycles. The van der Waals surface area contributed by atoms with E-state index in [9.17, 15) is 4.79 Å². The number of ketones is 1. The summed E-state index contributed by atoms with van der Waals surface area (Å²) in [6.07, 6.45) is 4.90. The zero-order chi connectivity index (χ0) is 16.6. The van der Waals surface area contributed by atoms with Crippen LogP contribution in [0.2, 0.25) is 10.0 Å². The zero-order valence-electron chi connectivity index (χ0n) is 12.1. The number of carbonyl (C=O) groups excluding carboxylic acids is 1. The average Bonchev–Trinajstić information content (AvgIpc) is 2.84. The SMILES string of the molecule is Cc1nc2c(Br)cccn2c1C(=O)/C=C/c1c(Cl)cccc1Cl. The summed E-state index contributed by atoms with van der Waals surface area (Å²) in [6, 6.07) is 8.96. The Morgan fingerprint density at radius 2 is 1.91 bits per heavy atom. The summed E-state index contributed by atoms with van der Waals surface area (Å²) in [5.74, 6) is -0.163. The second kappa shape index (κ2) is 6.48. The maximum absolute atomic E-state index is 12.6. The molecule has 0 N–H and O–H groups in total. The molecule has 1 aromatic carbocycles. The van der Waals surface area contributed by atoms with Gasteiger partial charge in [0.2, 0.25) is 5.78 Å². The van der Waals surface area contributed by atoms with Crippen LogP contribution in [0.5, 0.6) is 0 Å². The van der Waals surface area contributed by atoms with Crippen molar-refractivity contribution in [3.63, 3.8) is 0 Å². The summed E-state index contributed by atoms with van der Waals surface area (Å²) in [6.45, 7) is 1.81. The molecular weight excluding hydrogens is 399 g/mol. The molecule has 0 spiro atoms. The van der Waals surface area contributed by atoms with Gasteiger partial charge in [-0.2, -0.15) is 0 Å². The largest absolute Gasteiger partial charge is 0.296 e. The van der Waals surface area contributed by atoms with Gasteiger partial charge in [-0.25, -0.2) is 4.98 Å². The number of hydrogen-bond acceptors (Lipinski definition) is 2. The van der Waals surface area contributed by atoms with E-state index in [4.69, 9.17) is 23.2 Å². The summed E-state index contributed by atoms with van der Waals surface area (Å²) in [4.78, 5) is 17.0. The lowest BCUT2D eigenvalue weighted by atomic mass is 10.1. The van der Waals surface area contributed by atoms with Gasteiger partial charge < -0.3 is 0 Å².